The molecule has 12 heavy (non-hydrogen) atoms. The van der Waals surface area contributed by atoms with E-state index in [1.807, 2.05) is 6.92 Å². The second-order valence-electron chi connectivity index (χ2n) is 2.95. The number of hydrogen-bond acceptors (Lipinski definition) is 2. The SMILES string of the molecule is CC(N)Cc1c(Br)n(C)[nH]c1=O. The lowest BCUT2D eigenvalue weighted by Crippen LogP contribution is -2.21. The fourth-order valence-electron chi connectivity index (χ4n) is 1.06. The van der Waals surface area contributed by atoms with Gasteiger partial charge in [-0.3, -0.25) is 14.6 Å². The van der Waals surface area contributed by atoms with Crippen LogP contribution in [0.3, 0.4) is 0 Å². The van der Waals surface area contributed by atoms with Gasteiger partial charge in [0.15, 0.2) is 0 Å². The molecule has 0 fully saturated rings. The highest BCUT2D eigenvalue weighted by Crippen LogP contribution is 2.12. The maximum absolute atomic E-state index is 11.2. The summed E-state index contributed by atoms with van der Waals surface area (Å²) in [7, 11) is 1.77. The van der Waals surface area contributed by atoms with E-state index < -0.39 is 0 Å². The summed E-state index contributed by atoms with van der Waals surface area (Å²) in [4.78, 5) is 11.2. The first-order chi connectivity index (χ1) is 5.52. The maximum atomic E-state index is 11.2. The summed E-state index contributed by atoms with van der Waals surface area (Å²) >= 11 is 3.31. The molecule has 0 aliphatic carbocycles. The number of nitrogens with one attached hydrogen (secondary N) is 1. The number of nitrogens with two attached hydrogens (primary N) is 1. The third kappa shape index (κ3) is 1.78. The van der Waals surface area contributed by atoms with E-state index in [1.165, 1.54) is 0 Å². The standard InChI is InChI=1S/C7H12BrN3O/c1-4(9)3-5-6(8)11(2)10-7(5)12/h4H,3,9H2,1-2H3,(H,10,12). The fourth-order valence-corrected chi connectivity index (χ4v) is 1.49. The molecule has 0 aliphatic heterocycles. The van der Waals surface area contributed by atoms with Crippen molar-refractivity contribution in [1.29, 1.82) is 0 Å². The molecule has 0 saturated carbocycles. The van der Waals surface area contributed by atoms with Gasteiger partial charge in [0.05, 0.1) is 5.56 Å². The summed E-state index contributed by atoms with van der Waals surface area (Å²) < 4.78 is 2.42. The van der Waals surface area contributed by atoms with Crippen LogP contribution in [0.15, 0.2) is 9.40 Å². The van der Waals surface area contributed by atoms with Crippen molar-refractivity contribution in [3.63, 3.8) is 0 Å². The molecule has 0 amide bonds. The number of nitrogens with zero attached hydrogens (tertiary/aromatic N) is 1. The van der Waals surface area contributed by atoms with Crippen LogP contribution in [-0.4, -0.2) is 15.8 Å². The molecule has 3 N–H and O–H groups in total. The predicted octanol–water partition coefficient (Wildman–Crippen LogP) is 0.366. The average Bonchev–Trinajstić information content (AvgIpc) is 2.16. The number of aryl methyl sites for hydroxylation is 1. The molecule has 1 aromatic rings. The predicted molar refractivity (Wildman–Crippen MR) is 51.1 cm³/mol. The van der Waals surface area contributed by atoms with Gasteiger partial charge in [-0.25, -0.2) is 0 Å². The first kappa shape index (κ1) is 9.54. The largest absolute Gasteiger partial charge is 0.328 e. The molecule has 1 aromatic heterocycles. The summed E-state index contributed by atoms with van der Waals surface area (Å²) in [6, 6.07) is 0.00444. The molecule has 0 aliphatic rings. The molecule has 1 rings (SSSR count). The van der Waals surface area contributed by atoms with Gasteiger partial charge in [0.1, 0.15) is 4.60 Å². The van der Waals surface area contributed by atoms with Gasteiger partial charge in [0.25, 0.3) is 5.56 Å². The van der Waals surface area contributed by atoms with Gasteiger partial charge in [-0.2, -0.15) is 0 Å². The van der Waals surface area contributed by atoms with Gasteiger partial charge in [-0.05, 0) is 29.3 Å². The van der Waals surface area contributed by atoms with Gasteiger partial charge >= 0.3 is 0 Å². The van der Waals surface area contributed by atoms with E-state index in [9.17, 15) is 4.79 Å². The van der Waals surface area contributed by atoms with Crippen LogP contribution >= 0.6 is 15.9 Å². The van der Waals surface area contributed by atoms with Crippen LogP contribution in [0.4, 0.5) is 0 Å². The Bertz CT molecular complexity index is 326. The van der Waals surface area contributed by atoms with E-state index in [0.717, 1.165) is 4.60 Å². The van der Waals surface area contributed by atoms with Gasteiger partial charge in [-0.1, -0.05) is 0 Å². The Balaban J connectivity index is 3.06. The summed E-state index contributed by atoms with van der Waals surface area (Å²) in [5.74, 6) is 0. The maximum Gasteiger partial charge on any atom is 0.268 e. The van der Waals surface area contributed by atoms with Crippen LogP contribution in [0.25, 0.3) is 0 Å². The molecule has 68 valence electrons. The normalized spacial score (nSPS) is 13.3. The summed E-state index contributed by atoms with van der Waals surface area (Å²) in [6.45, 7) is 1.87. The Hall–Kier alpha value is -0.550. The summed E-state index contributed by atoms with van der Waals surface area (Å²) in [6.07, 6.45) is 0.594. The lowest BCUT2D eigenvalue weighted by atomic mass is 10.1. The van der Waals surface area contributed by atoms with Gasteiger partial charge in [0.2, 0.25) is 0 Å². The molecule has 0 aromatic carbocycles. The number of rotatable bonds is 2. The van der Waals surface area contributed by atoms with E-state index in [1.54, 1.807) is 11.7 Å². The van der Waals surface area contributed by atoms with Crippen molar-refractivity contribution in [1.82, 2.24) is 9.78 Å². The Kier molecular flexibility index (Phi) is 2.74. The van der Waals surface area contributed by atoms with Crippen LogP contribution < -0.4 is 11.3 Å². The monoisotopic (exact) mass is 233 g/mol. The Morgan fingerprint density at radius 1 is 1.75 bits per heavy atom. The summed E-state index contributed by atoms with van der Waals surface area (Å²) in [5.41, 5.74) is 6.24. The first-order valence-corrected chi connectivity index (χ1v) is 4.50. The number of hydrogen-bond donors (Lipinski definition) is 2. The lowest BCUT2D eigenvalue weighted by molar-refractivity contribution is 0.724. The van der Waals surface area contributed by atoms with E-state index in [2.05, 4.69) is 21.0 Å². The molecule has 1 unspecified atom stereocenters. The molecule has 0 radical (unpaired) electrons. The molecular formula is C7H12BrN3O. The van der Waals surface area contributed by atoms with E-state index in [-0.39, 0.29) is 11.6 Å². The minimum Gasteiger partial charge on any atom is -0.328 e. The summed E-state index contributed by atoms with van der Waals surface area (Å²) in [5, 5.41) is 2.64. The quantitative estimate of drug-likeness (QED) is 0.776. The Morgan fingerprint density at radius 3 is 2.67 bits per heavy atom. The van der Waals surface area contributed by atoms with Crippen molar-refractivity contribution < 1.29 is 0 Å². The van der Waals surface area contributed by atoms with Crippen molar-refractivity contribution in [3.8, 4) is 0 Å². The Labute approximate surface area is 78.9 Å². The highest BCUT2D eigenvalue weighted by Gasteiger charge is 2.11. The molecule has 4 nitrogen and oxygen atoms in total. The second kappa shape index (κ2) is 3.45. The highest BCUT2D eigenvalue weighted by atomic mass is 79.9. The minimum absolute atomic E-state index is 0.00444. The van der Waals surface area contributed by atoms with Crippen molar-refractivity contribution >= 4 is 15.9 Å². The van der Waals surface area contributed by atoms with Crippen LogP contribution in [-0.2, 0) is 13.5 Å². The van der Waals surface area contributed by atoms with Crippen molar-refractivity contribution in [2.45, 2.75) is 19.4 Å². The molecule has 1 heterocycles. The van der Waals surface area contributed by atoms with Crippen molar-refractivity contribution in [2.24, 2.45) is 12.8 Å². The molecular weight excluding hydrogens is 222 g/mol. The lowest BCUT2D eigenvalue weighted by Gasteiger charge is -2.01. The van der Waals surface area contributed by atoms with Crippen LogP contribution in [0.2, 0.25) is 0 Å². The highest BCUT2D eigenvalue weighted by molar-refractivity contribution is 9.10. The third-order valence-corrected chi connectivity index (χ3v) is 2.62. The molecule has 0 saturated heterocycles. The number of aromatic amines is 1. The van der Waals surface area contributed by atoms with Crippen molar-refractivity contribution in [3.05, 3.63) is 20.5 Å². The zero-order chi connectivity index (χ0) is 9.30. The Morgan fingerprint density at radius 2 is 2.33 bits per heavy atom. The average molecular weight is 234 g/mol. The van der Waals surface area contributed by atoms with Crippen molar-refractivity contribution in [2.75, 3.05) is 0 Å². The van der Waals surface area contributed by atoms with Gasteiger partial charge in [0, 0.05) is 13.1 Å². The van der Waals surface area contributed by atoms with E-state index >= 15 is 0 Å². The first-order valence-electron chi connectivity index (χ1n) is 3.71. The van der Waals surface area contributed by atoms with E-state index in [0.29, 0.717) is 12.0 Å². The second-order valence-corrected chi connectivity index (χ2v) is 3.70. The molecule has 1 atom stereocenters. The number of halogens is 1. The van der Waals surface area contributed by atoms with Crippen LogP contribution in [0.1, 0.15) is 12.5 Å². The van der Waals surface area contributed by atoms with Gasteiger partial charge in [-0.15, -0.1) is 0 Å². The van der Waals surface area contributed by atoms with E-state index in [4.69, 9.17) is 5.73 Å². The molecule has 0 bridgehead atoms. The zero-order valence-electron chi connectivity index (χ0n) is 7.10. The number of H-pyrrole nitrogens is 1. The van der Waals surface area contributed by atoms with Crippen LogP contribution in [0, 0.1) is 0 Å². The minimum atomic E-state index is -0.0679. The van der Waals surface area contributed by atoms with Crippen LogP contribution in [0.5, 0.6) is 0 Å². The van der Waals surface area contributed by atoms with Gasteiger partial charge < -0.3 is 5.73 Å². The fraction of sp³-hybridized carbons (Fsp3) is 0.571. The molecule has 5 heteroatoms. The number of aromatic nitrogens is 2. The smallest absolute Gasteiger partial charge is 0.268 e. The molecule has 0 spiro atoms. The topological polar surface area (TPSA) is 63.8 Å². The zero-order valence-corrected chi connectivity index (χ0v) is 8.68. The third-order valence-electron chi connectivity index (χ3n) is 1.61.